The van der Waals surface area contributed by atoms with Crippen molar-refractivity contribution in [2.45, 2.75) is 18.2 Å². The van der Waals surface area contributed by atoms with Crippen LogP contribution in [0.5, 0.6) is 5.75 Å². The van der Waals surface area contributed by atoms with Crippen LogP contribution in [0, 0.1) is 0 Å². The van der Waals surface area contributed by atoms with Crippen LogP contribution in [0.4, 0.5) is 13.2 Å². The number of hydrogen-bond donors (Lipinski definition) is 0. The van der Waals surface area contributed by atoms with Crippen molar-refractivity contribution in [3.05, 3.63) is 59.7 Å². The first-order valence-corrected chi connectivity index (χ1v) is 10.7. The zero-order valence-corrected chi connectivity index (χ0v) is 17.2. The molecule has 3 rings (SSSR count). The van der Waals surface area contributed by atoms with Gasteiger partial charge in [-0.15, -0.1) is 13.2 Å². The maximum Gasteiger partial charge on any atom is 0.573 e. The zero-order chi connectivity index (χ0) is 22.8. The molecular formula is C20H19F3N2O5S. The van der Waals surface area contributed by atoms with E-state index >= 15 is 0 Å². The van der Waals surface area contributed by atoms with Gasteiger partial charge in [-0.25, -0.2) is 8.42 Å². The Balaban J connectivity index is 1.65. The fourth-order valence-electron chi connectivity index (χ4n) is 3.14. The van der Waals surface area contributed by atoms with E-state index < -0.39 is 28.0 Å². The zero-order valence-electron chi connectivity index (χ0n) is 16.4. The number of alkyl halides is 3. The summed E-state index contributed by atoms with van der Waals surface area (Å²) in [7, 11) is -3.83. The lowest BCUT2D eigenvalue weighted by Gasteiger charge is -2.34. The summed E-state index contributed by atoms with van der Waals surface area (Å²) in [5.74, 6) is -1.11. The number of nitrogens with zero attached hydrogens (tertiary/aromatic N) is 2. The molecular weight excluding hydrogens is 437 g/mol. The number of rotatable bonds is 5. The summed E-state index contributed by atoms with van der Waals surface area (Å²) in [5, 5.41) is 0. The van der Waals surface area contributed by atoms with Crippen molar-refractivity contribution in [2.75, 3.05) is 26.2 Å². The smallest absolute Gasteiger partial charge is 0.406 e. The molecule has 0 atom stereocenters. The van der Waals surface area contributed by atoms with Gasteiger partial charge in [-0.1, -0.05) is 12.1 Å². The lowest BCUT2D eigenvalue weighted by molar-refractivity contribution is -0.274. The molecule has 1 saturated heterocycles. The molecule has 0 radical (unpaired) electrons. The quantitative estimate of drug-likeness (QED) is 0.646. The average Bonchev–Trinajstić information content (AvgIpc) is 2.73. The first kappa shape index (κ1) is 22.8. The molecule has 0 aliphatic carbocycles. The molecule has 1 heterocycles. The number of benzene rings is 2. The van der Waals surface area contributed by atoms with Gasteiger partial charge in [-0.2, -0.15) is 4.31 Å². The highest BCUT2D eigenvalue weighted by molar-refractivity contribution is 7.89. The van der Waals surface area contributed by atoms with E-state index in [1.807, 2.05) is 0 Å². The van der Waals surface area contributed by atoms with Crippen molar-refractivity contribution >= 4 is 21.7 Å². The minimum Gasteiger partial charge on any atom is -0.406 e. The van der Waals surface area contributed by atoms with Gasteiger partial charge in [0, 0.05) is 37.3 Å². The van der Waals surface area contributed by atoms with Gasteiger partial charge >= 0.3 is 6.36 Å². The summed E-state index contributed by atoms with van der Waals surface area (Å²) in [4.78, 5) is 25.6. The van der Waals surface area contributed by atoms with Crippen LogP contribution in [-0.2, 0) is 10.0 Å². The second kappa shape index (κ2) is 8.67. The number of halogens is 3. The molecule has 0 bridgehead atoms. The van der Waals surface area contributed by atoms with Gasteiger partial charge < -0.3 is 9.64 Å². The number of piperazine rings is 1. The van der Waals surface area contributed by atoms with E-state index in [1.54, 1.807) is 0 Å². The molecule has 1 amide bonds. The standard InChI is InChI=1S/C20H19F3N2O5S/c1-14(26)16-3-2-4-18(13-16)31(28,29)25-11-9-24(10-12-25)19(27)15-5-7-17(8-6-15)30-20(21,22)23/h2-8,13H,9-12H2,1H3. The maximum absolute atomic E-state index is 12.9. The van der Waals surface area contributed by atoms with Crippen LogP contribution in [0.2, 0.25) is 0 Å². The fourth-order valence-corrected chi connectivity index (χ4v) is 4.61. The van der Waals surface area contributed by atoms with Gasteiger partial charge in [0.2, 0.25) is 10.0 Å². The highest BCUT2D eigenvalue weighted by Crippen LogP contribution is 2.24. The van der Waals surface area contributed by atoms with Gasteiger partial charge in [0.05, 0.1) is 4.90 Å². The first-order valence-electron chi connectivity index (χ1n) is 9.23. The summed E-state index contributed by atoms with van der Waals surface area (Å²) >= 11 is 0. The maximum atomic E-state index is 12.9. The Morgan fingerprint density at radius 2 is 1.55 bits per heavy atom. The minimum atomic E-state index is -4.82. The number of ketones is 1. The third-order valence-electron chi connectivity index (χ3n) is 4.74. The van der Waals surface area contributed by atoms with Gasteiger partial charge in [0.25, 0.3) is 5.91 Å². The molecule has 1 aliphatic rings. The molecule has 2 aromatic carbocycles. The predicted molar refractivity (Wildman–Crippen MR) is 104 cm³/mol. The van der Waals surface area contributed by atoms with Crippen LogP contribution in [0.25, 0.3) is 0 Å². The number of carbonyl (C=O) groups is 2. The topological polar surface area (TPSA) is 84.0 Å². The molecule has 1 aliphatic heterocycles. The Kier molecular flexibility index (Phi) is 6.37. The van der Waals surface area contributed by atoms with Crippen molar-refractivity contribution in [1.29, 1.82) is 0 Å². The number of ether oxygens (including phenoxy) is 1. The van der Waals surface area contributed by atoms with Gasteiger partial charge in [0.1, 0.15) is 5.75 Å². The van der Waals surface area contributed by atoms with E-state index in [0.29, 0.717) is 0 Å². The molecule has 0 N–H and O–H groups in total. The summed E-state index contributed by atoms with van der Waals surface area (Å²) in [6, 6.07) is 10.3. The predicted octanol–water partition coefficient (Wildman–Crippen LogP) is 2.93. The summed E-state index contributed by atoms with van der Waals surface area (Å²) in [6.07, 6.45) is -4.82. The Labute approximate surface area is 177 Å². The normalized spacial score (nSPS) is 15.5. The largest absolute Gasteiger partial charge is 0.573 e. The van der Waals surface area contributed by atoms with Crippen molar-refractivity contribution < 1.29 is 35.9 Å². The van der Waals surface area contributed by atoms with Gasteiger partial charge in [-0.3, -0.25) is 9.59 Å². The highest BCUT2D eigenvalue weighted by Gasteiger charge is 2.32. The Bertz CT molecular complexity index is 1080. The highest BCUT2D eigenvalue weighted by atomic mass is 32.2. The SMILES string of the molecule is CC(=O)c1cccc(S(=O)(=O)N2CCN(C(=O)c3ccc(OC(F)(F)F)cc3)CC2)c1. The number of carbonyl (C=O) groups excluding carboxylic acids is 2. The van der Waals surface area contributed by atoms with Crippen LogP contribution in [0.1, 0.15) is 27.6 Å². The summed E-state index contributed by atoms with van der Waals surface area (Å²) in [6.45, 7) is 1.68. The van der Waals surface area contributed by atoms with E-state index in [9.17, 15) is 31.2 Å². The number of hydrogen-bond acceptors (Lipinski definition) is 5. The van der Waals surface area contributed by atoms with Crippen molar-refractivity contribution in [3.8, 4) is 5.75 Å². The summed E-state index contributed by atoms with van der Waals surface area (Å²) in [5.41, 5.74) is 0.452. The molecule has 11 heteroatoms. The molecule has 0 saturated carbocycles. The van der Waals surface area contributed by atoms with Crippen LogP contribution >= 0.6 is 0 Å². The average molecular weight is 456 g/mol. The Hall–Kier alpha value is -2.92. The van der Waals surface area contributed by atoms with Crippen molar-refractivity contribution in [3.63, 3.8) is 0 Å². The van der Waals surface area contributed by atoms with Gasteiger partial charge in [-0.05, 0) is 43.3 Å². The minimum absolute atomic E-state index is 0.000213. The van der Waals surface area contributed by atoms with Gasteiger partial charge in [0.15, 0.2) is 5.78 Å². The summed E-state index contributed by atoms with van der Waals surface area (Å²) < 4.78 is 67.5. The van der Waals surface area contributed by atoms with E-state index in [0.717, 1.165) is 12.1 Å². The van der Waals surface area contributed by atoms with Crippen molar-refractivity contribution in [1.82, 2.24) is 9.21 Å². The van der Waals surface area contributed by atoms with Crippen LogP contribution in [0.3, 0.4) is 0 Å². The lowest BCUT2D eigenvalue weighted by Crippen LogP contribution is -2.50. The second-order valence-electron chi connectivity index (χ2n) is 6.85. The number of sulfonamides is 1. The molecule has 2 aromatic rings. The Morgan fingerprint density at radius 3 is 2.10 bits per heavy atom. The van der Waals surface area contributed by atoms with Crippen LogP contribution in [0.15, 0.2) is 53.4 Å². The number of amides is 1. The molecule has 7 nitrogen and oxygen atoms in total. The van der Waals surface area contributed by atoms with Crippen LogP contribution in [-0.4, -0.2) is 61.9 Å². The van der Waals surface area contributed by atoms with E-state index in [2.05, 4.69) is 4.74 Å². The van der Waals surface area contributed by atoms with Crippen molar-refractivity contribution in [2.24, 2.45) is 0 Å². The monoisotopic (exact) mass is 456 g/mol. The van der Waals surface area contributed by atoms with Crippen LogP contribution < -0.4 is 4.74 Å². The molecule has 0 unspecified atom stereocenters. The van der Waals surface area contributed by atoms with E-state index in [-0.39, 0.29) is 48.0 Å². The third kappa shape index (κ3) is 5.42. The molecule has 31 heavy (non-hydrogen) atoms. The second-order valence-corrected chi connectivity index (χ2v) is 8.79. The number of Topliss-reactive ketones (excluding diaryl/α,β-unsaturated/α-hetero) is 1. The molecule has 166 valence electrons. The fraction of sp³-hybridized carbons (Fsp3) is 0.300. The van der Waals surface area contributed by atoms with E-state index in [4.69, 9.17) is 0 Å². The third-order valence-corrected chi connectivity index (χ3v) is 6.63. The first-order chi connectivity index (χ1) is 14.5. The van der Waals surface area contributed by atoms with E-state index in [1.165, 1.54) is 52.5 Å². The molecule has 1 fully saturated rings. The Morgan fingerprint density at radius 1 is 0.935 bits per heavy atom. The molecule has 0 spiro atoms. The molecule has 0 aromatic heterocycles. The lowest BCUT2D eigenvalue weighted by atomic mass is 10.2.